The fraction of sp³-hybridized carbons (Fsp3) is 0.0667. The minimum Gasteiger partial charge on any atom is -0.506 e. The number of benzene rings is 2. The zero-order valence-electron chi connectivity index (χ0n) is 11.9. The van der Waals surface area contributed by atoms with Gasteiger partial charge in [-0.1, -0.05) is 11.6 Å². The highest BCUT2D eigenvalue weighted by atomic mass is 127. The predicted octanol–water partition coefficient (Wildman–Crippen LogP) is 4.55. The minimum absolute atomic E-state index is 0.178. The molecule has 1 amide bonds. The first-order chi connectivity index (χ1) is 11.4. The Hall–Kier alpha value is -0.590. The van der Waals surface area contributed by atoms with Crippen LogP contribution in [0.3, 0.4) is 0 Å². The lowest BCUT2D eigenvalue weighted by Gasteiger charge is -2.07. The largest absolute Gasteiger partial charge is 0.506 e. The van der Waals surface area contributed by atoms with Gasteiger partial charge in [-0.25, -0.2) is 5.43 Å². The number of amides is 1. The Bertz CT molecular complexity index is 779. The molecule has 2 aromatic rings. The molecule has 2 rings (SSSR count). The van der Waals surface area contributed by atoms with Crippen LogP contribution in [0.4, 0.5) is 0 Å². The summed E-state index contributed by atoms with van der Waals surface area (Å²) in [6.07, 6.45) is 1.50. The molecule has 0 saturated carbocycles. The van der Waals surface area contributed by atoms with Crippen LogP contribution in [0.2, 0.25) is 5.02 Å². The summed E-state index contributed by atoms with van der Waals surface area (Å²) in [6, 6.07) is 8.54. The molecule has 0 aliphatic rings. The van der Waals surface area contributed by atoms with Gasteiger partial charge in [-0.15, -0.1) is 0 Å². The van der Waals surface area contributed by atoms with Gasteiger partial charge in [-0.2, -0.15) is 5.10 Å². The molecule has 0 radical (unpaired) electrons. The fourth-order valence-corrected chi connectivity index (χ4v) is 4.22. The van der Waals surface area contributed by atoms with Crippen molar-refractivity contribution in [3.8, 4) is 11.5 Å². The van der Waals surface area contributed by atoms with E-state index >= 15 is 0 Å². The molecular weight excluding hydrogens is 625 g/mol. The maximum absolute atomic E-state index is 11.7. The zero-order valence-corrected chi connectivity index (χ0v) is 18.6. The highest BCUT2D eigenvalue weighted by Crippen LogP contribution is 2.28. The summed E-state index contributed by atoms with van der Waals surface area (Å²) < 4.78 is 7.47. The Kier molecular flexibility index (Phi) is 7.57. The number of nitrogens with one attached hydrogen (secondary N) is 1. The summed E-state index contributed by atoms with van der Waals surface area (Å²) in [6.45, 7) is -0.178. The van der Waals surface area contributed by atoms with Gasteiger partial charge in [-0.05, 0) is 97.0 Å². The molecule has 0 aromatic heterocycles. The molecule has 126 valence electrons. The Balaban J connectivity index is 1.89. The van der Waals surface area contributed by atoms with Crippen molar-refractivity contribution in [2.24, 2.45) is 5.10 Å². The van der Waals surface area contributed by atoms with Crippen LogP contribution in [0.5, 0.6) is 11.5 Å². The normalized spacial score (nSPS) is 10.8. The third-order valence-electron chi connectivity index (χ3n) is 2.69. The van der Waals surface area contributed by atoms with Crippen LogP contribution in [0.1, 0.15) is 5.56 Å². The quantitative estimate of drug-likeness (QED) is 0.288. The van der Waals surface area contributed by atoms with Gasteiger partial charge in [0, 0.05) is 5.02 Å². The van der Waals surface area contributed by atoms with Crippen molar-refractivity contribution in [1.29, 1.82) is 0 Å². The molecule has 2 aromatic carbocycles. The number of ether oxygens (including phenoxy) is 1. The van der Waals surface area contributed by atoms with Gasteiger partial charge >= 0.3 is 0 Å². The molecule has 0 unspecified atom stereocenters. The Labute approximate surface area is 179 Å². The monoisotopic (exact) mass is 634 g/mol. The second-order valence-corrected chi connectivity index (χ2v) is 8.10. The average molecular weight is 635 g/mol. The minimum atomic E-state index is -0.392. The van der Waals surface area contributed by atoms with Gasteiger partial charge in [0.15, 0.2) is 6.61 Å². The van der Waals surface area contributed by atoms with Crippen molar-refractivity contribution in [2.75, 3.05) is 6.61 Å². The highest BCUT2D eigenvalue weighted by Gasteiger charge is 2.06. The van der Waals surface area contributed by atoms with Crippen LogP contribution in [-0.2, 0) is 4.79 Å². The number of hydrogen-bond donors (Lipinski definition) is 2. The van der Waals surface area contributed by atoms with E-state index in [-0.39, 0.29) is 12.4 Å². The Morgan fingerprint density at radius 2 is 2.00 bits per heavy atom. The number of carbonyl (C=O) groups excluding carboxylic acids is 1. The lowest BCUT2D eigenvalue weighted by Crippen LogP contribution is -2.24. The van der Waals surface area contributed by atoms with E-state index in [4.69, 9.17) is 16.3 Å². The number of aromatic hydroxyl groups is 1. The van der Waals surface area contributed by atoms with Crippen molar-refractivity contribution in [1.82, 2.24) is 5.43 Å². The summed E-state index contributed by atoms with van der Waals surface area (Å²) in [5.41, 5.74) is 3.15. The van der Waals surface area contributed by atoms with E-state index in [1.807, 2.05) is 45.2 Å². The van der Waals surface area contributed by atoms with Crippen molar-refractivity contribution < 1.29 is 14.6 Å². The SMILES string of the molecule is O=C(COc1ccc(Cl)cc1Br)N/N=C\c1cc(I)c(O)c(I)c1. The topological polar surface area (TPSA) is 70.9 Å². The van der Waals surface area contributed by atoms with Gasteiger partial charge < -0.3 is 9.84 Å². The molecule has 0 spiro atoms. The summed E-state index contributed by atoms with van der Waals surface area (Å²) in [5, 5.41) is 14.2. The van der Waals surface area contributed by atoms with E-state index in [0.29, 0.717) is 22.4 Å². The molecule has 24 heavy (non-hydrogen) atoms. The lowest BCUT2D eigenvalue weighted by molar-refractivity contribution is -0.123. The smallest absolute Gasteiger partial charge is 0.277 e. The predicted molar refractivity (Wildman–Crippen MR) is 114 cm³/mol. The van der Waals surface area contributed by atoms with Crippen molar-refractivity contribution in [2.45, 2.75) is 0 Å². The van der Waals surface area contributed by atoms with E-state index in [0.717, 1.165) is 5.56 Å². The Morgan fingerprint density at radius 1 is 1.33 bits per heavy atom. The summed E-state index contributed by atoms with van der Waals surface area (Å²) in [4.78, 5) is 11.7. The van der Waals surface area contributed by atoms with Crippen molar-refractivity contribution >= 4 is 84.8 Å². The number of halogens is 4. The second-order valence-electron chi connectivity index (χ2n) is 4.49. The van der Waals surface area contributed by atoms with Crippen LogP contribution in [0.15, 0.2) is 39.9 Å². The molecule has 0 aliphatic heterocycles. The van der Waals surface area contributed by atoms with E-state index in [1.54, 1.807) is 30.3 Å². The van der Waals surface area contributed by atoms with E-state index in [9.17, 15) is 9.90 Å². The molecule has 5 nitrogen and oxygen atoms in total. The molecule has 0 bridgehead atoms. The first kappa shape index (κ1) is 19.7. The maximum atomic E-state index is 11.7. The van der Waals surface area contributed by atoms with Crippen LogP contribution in [0.25, 0.3) is 0 Å². The van der Waals surface area contributed by atoms with Gasteiger partial charge in [0.1, 0.15) is 11.5 Å². The molecule has 0 heterocycles. The number of carbonyl (C=O) groups is 1. The molecular formula is C15H10BrClI2N2O3. The van der Waals surface area contributed by atoms with Crippen molar-refractivity contribution in [3.05, 3.63) is 52.5 Å². The zero-order chi connectivity index (χ0) is 17.7. The van der Waals surface area contributed by atoms with Crippen molar-refractivity contribution in [3.63, 3.8) is 0 Å². The number of hydrogen-bond acceptors (Lipinski definition) is 4. The van der Waals surface area contributed by atoms with Crippen LogP contribution in [0, 0.1) is 7.14 Å². The average Bonchev–Trinajstić information content (AvgIpc) is 2.51. The summed E-state index contributed by atoms with van der Waals surface area (Å²) >= 11 is 13.2. The number of phenolic OH excluding ortho intramolecular Hbond substituents is 1. The van der Waals surface area contributed by atoms with Gasteiger partial charge in [0.05, 0.1) is 17.8 Å². The first-order valence-electron chi connectivity index (χ1n) is 6.44. The highest BCUT2D eigenvalue weighted by molar-refractivity contribution is 14.1. The maximum Gasteiger partial charge on any atom is 0.277 e. The molecule has 2 N–H and O–H groups in total. The van der Waals surface area contributed by atoms with Crippen LogP contribution >= 0.6 is 72.7 Å². The van der Waals surface area contributed by atoms with Crippen LogP contribution < -0.4 is 10.2 Å². The fourth-order valence-electron chi connectivity index (χ4n) is 1.61. The first-order valence-corrected chi connectivity index (χ1v) is 9.77. The van der Waals surface area contributed by atoms with E-state index < -0.39 is 5.91 Å². The molecule has 0 saturated heterocycles. The number of phenols is 1. The summed E-state index contributed by atoms with van der Waals surface area (Å²) in [7, 11) is 0. The molecule has 0 fully saturated rings. The van der Waals surface area contributed by atoms with Gasteiger partial charge in [0.25, 0.3) is 5.91 Å². The molecule has 0 atom stereocenters. The lowest BCUT2D eigenvalue weighted by atomic mass is 10.2. The molecule has 9 heteroatoms. The Morgan fingerprint density at radius 3 is 2.62 bits per heavy atom. The number of nitrogens with zero attached hydrogens (tertiary/aromatic N) is 1. The summed E-state index contributed by atoms with van der Waals surface area (Å²) in [5.74, 6) is 0.358. The van der Waals surface area contributed by atoms with Gasteiger partial charge in [0.2, 0.25) is 0 Å². The second kappa shape index (κ2) is 9.20. The standard InChI is InChI=1S/C15H10BrClI2N2O3/c16-10-5-9(17)1-2-13(10)24-7-14(22)21-20-6-8-3-11(18)15(23)12(19)4-8/h1-6,23H,7H2,(H,21,22)/b20-6-. The third kappa shape index (κ3) is 5.74. The molecule has 0 aliphatic carbocycles. The van der Waals surface area contributed by atoms with Gasteiger partial charge in [-0.3, -0.25) is 4.79 Å². The van der Waals surface area contributed by atoms with Crippen LogP contribution in [-0.4, -0.2) is 23.8 Å². The third-order valence-corrected chi connectivity index (χ3v) is 5.19. The number of hydrazone groups is 1. The van der Waals surface area contributed by atoms with E-state index in [1.165, 1.54) is 6.21 Å². The van der Waals surface area contributed by atoms with E-state index in [2.05, 4.69) is 26.5 Å². The number of rotatable bonds is 5.